The number of esters is 1. The van der Waals surface area contributed by atoms with Crippen LogP contribution in [0.4, 0.5) is 16.4 Å². The SMILES string of the molecule is CCOC(=O)c1c(N)sc(/C(C)=N\NC(=O)c2cc([N+](=O)[O-])cc([N+](=O)[O-])c2)c1C. The summed E-state index contributed by atoms with van der Waals surface area (Å²) in [5, 5.41) is 26.1. The van der Waals surface area contributed by atoms with Crippen molar-refractivity contribution in [1.29, 1.82) is 0 Å². The highest BCUT2D eigenvalue weighted by Crippen LogP contribution is 2.31. The van der Waals surface area contributed by atoms with Gasteiger partial charge in [-0.1, -0.05) is 0 Å². The van der Waals surface area contributed by atoms with Gasteiger partial charge in [-0.05, 0) is 26.3 Å². The first-order valence-electron chi connectivity index (χ1n) is 8.41. The fraction of sp³-hybridized carbons (Fsp3) is 0.235. The number of ether oxygens (including phenoxy) is 1. The van der Waals surface area contributed by atoms with Gasteiger partial charge in [0.05, 0.1) is 44.2 Å². The van der Waals surface area contributed by atoms with Crippen molar-refractivity contribution in [3.63, 3.8) is 0 Å². The number of rotatable bonds is 7. The molecule has 1 amide bonds. The number of hydrogen-bond donors (Lipinski definition) is 2. The lowest BCUT2D eigenvalue weighted by Crippen LogP contribution is -2.19. The van der Waals surface area contributed by atoms with E-state index >= 15 is 0 Å². The Hall–Kier alpha value is -3.87. The minimum absolute atomic E-state index is 0.182. The van der Waals surface area contributed by atoms with E-state index in [0.29, 0.717) is 16.2 Å². The standard InChI is InChI=1S/C17H17N5O7S/c1-4-29-17(24)13-8(2)14(30-15(13)18)9(3)19-20-16(23)10-5-11(21(25)26)7-12(6-10)22(27)28/h5-7H,4,18H2,1-3H3,(H,20,23)/b19-9-. The molecule has 1 aromatic heterocycles. The van der Waals surface area contributed by atoms with Crippen LogP contribution in [-0.4, -0.2) is 34.0 Å². The minimum atomic E-state index is -0.881. The Balaban J connectivity index is 2.31. The van der Waals surface area contributed by atoms with Gasteiger partial charge in [0.2, 0.25) is 0 Å². The predicted molar refractivity (Wildman–Crippen MR) is 109 cm³/mol. The number of hydrazone groups is 1. The molecule has 0 spiro atoms. The van der Waals surface area contributed by atoms with E-state index in [0.717, 1.165) is 29.5 Å². The highest BCUT2D eigenvalue weighted by Gasteiger charge is 2.23. The predicted octanol–water partition coefficient (Wildman–Crippen LogP) is 2.79. The number of carbonyl (C=O) groups is 2. The zero-order chi connectivity index (χ0) is 22.6. The second kappa shape index (κ2) is 9.09. The molecule has 0 unspecified atom stereocenters. The van der Waals surface area contributed by atoms with E-state index in [1.54, 1.807) is 20.8 Å². The average Bonchev–Trinajstić information content (AvgIpc) is 2.99. The smallest absolute Gasteiger partial charge is 0.341 e. The molecule has 0 aliphatic heterocycles. The lowest BCUT2D eigenvalue weighted by molar-refractivity contribution is -0.394. The number of benzene rings is 1. The van der Waals surface area contributed by atoms with Gasteiger partial charge in [0.15, 0.2) is 0 Å². The van der Waals surface area contributed by atoms with Crippen molar-refractivity contribution in [2.45, 2.75) is 20.8 Å². The molecule has 0 saturated carbocycles. The van der Waals surface area contributed by atoms with Crippen LogP contribution in [0.1, 0.15) is 45.0 Å². The Kier molecular flexibility index (Phi) is 6.79. The van der Waals surface area contributed by atoms with Crippen LogP contribution >= 0.6 is 11.3 Å². The Morgan fingerprint density at radius 2 is 1.77 bits per heavy atom. The second-order valence-electron chi connectivity index (χ2n) is 5.91. The number of nitro benzene ring substituents is 2. The number of carbonyl (C=O) groups excluding carboxylic acids is 2. The molecule has 13 heteroatoms. The summed E-state index contributed by atoms with van der Waals surface area (Å²) in [6.45, 7) is 5.06. The number of amides is 1. The number of non-ortho nitro benzene ring substituents is 2. The van der Waals surface area contributed by atoms with Crippen molar-refractivity contribution >= 4 is 45.3 Å². The molecule has 1 aromatic carbocycles. The third-order valence-corrected chi connectivity index (χ3v) is 5.12. The number of anilines is 1. The van der Waals surface area contributed by atoms with Crippen molar-refractivity contribution in [3.05, 3.63) is 60.0 Å². The van der Waals surface area contributed by atoms with Crippen molar-refractivity contribution in [2.75, 3.05) is 12.3 Å². The molecule has 12 nitrogen and oxygen atoms in total. The molecular weight excluding hydrogens is 418 g/mol. The van der Waals surface area contributed by atoms with Gasteiger partial charge in [0.1, 0.15) is 5.00 Å². The molecular formula is C17H17N5O7S. The Labute approximate surface area is 173 Å². The van der Waals surface area contributed by atoms with Crippen molar-refractivity contribution < 1.29 is 24.2 Å². The number of nitro groups is 2. The molecule has 3 N–H and O–H groups in total. The highest BCUT2D eigenvalue weighted by atomic mass is 32.1. The number of thiophene rings is 1. The maximum atomic E-state index is 12.3. The molecule has 0 fully saturated rings. The summed E-state index contributed by atoms with van der Waals surface area (Å²) >= 11 is 1.08. The van der Waals surface area contributed by atoms with Gasteiger partial charge in [-0.25, -0.2) is 10.2 Å². The molecule has 0 bridgehead atoms. The molecule has 158 valence electrons. The largest absolute Gasteiger partial charge is 0.462 e. The second-order valence-corrected chi connectivity index (χ2v) is 6.96. The van der Waals surface area contributed by atoms with E-state index in [1.807, 2.05) is 0 Å². The third-order valence-electron chi connectivity index (χ3n) is 3.89. The summed E-state index contributed by atoms with van der Waals surface area (Å²) in [4.78, 5) is 45.1. The van der Waals surface area contributed by atoms with Gasteiger partial charge in [-0.2, -0.15) is 5.10 Å². The number of nitrogens with two attached hydrogens (primary N) is 1. The van der Waals surface area contributed by atoms with Crippen LogP contribution in [0.5, 0.6) is 0 Å². The van der Waals surface area contributed by atoms with Gasteiger partial charge in [-0.15, -0.1) is 11.3 Å². The average molecular weight is 435 g/mol. The zero-order valence-corrected chi connectivity index (χ0v) is 16.9. The van der Waals surface area contributed by atoms with Gasteiger partial charge in [0, 0.05) is 12.1 Å². The summed E-state index contributed by atoms with van der Waals surface area (Å²) in [6, 6.07) is 2.56. The third kappa shape index (κ3) is 4.75. The van der Waals surface area contributed by atoms with E-state index < -0.39 is 33.1 Å². The number of nitrogen functional groups attached to an aromatic ring is 1. The first kappa shape index (κ1) is 22.4. The molecule has 0 atom stereocenters. The van der Waals surface area contributed by atoms with Crippen molar-refractivity contribution in [1.82, 2.24) is 5.43 Å². The van der Waals surface area contributed by atoms with Crippen molar-refractivity contribution in [2.24, 2.45) is 5.10 Å². The van der Waals surface area contributed by atoms with Gasteiger partial charge >= 0.3 is 5.97 Å². The monoisotopic (exact) mass is 435 g/mol. The van der Waals surface area contributed by atoms with E-state index in [1.165, 1.54) is 0 Å². The molecule has 0 aliphatic carbocycles. The first-order chi connectivity index (χ1) is 14.1. The summed E-state index contributed by atoms with van der Waals surface area (Å²) in [7, 11) is 0. The van der Waals surface area contributed by atoms with Gasteiger partial charge in [-0.3, -0.25) is 25.0 Å². The van der Waals surface area contributed by atoms with Crippen LogP contribution in [0.2, 0.25) is 0 Å². The van der Waals surface area contributed by atoms with E-state index in [4.69, 9.17) is 10.5 Å². The summed E-state index contributed by atoms with van der Waals surface area (Å²) in [5.41, 5.74) is 7.64. The van der Waals surface area contributed by atoms with E-state index in [2.05, 4.69) is 10.5 Å². The molecule has 2 aromatic rings. The maximum Gasteiger partial charge on any atom is 0.341 e. The Bertz CT molecular complexity index is 1040. The molecule has 1 heterocycles. The van der Waals surface area contributed by atoms with Crippen LogP contribution in [0.3, 0.4) is 0 Å². The quantitative estimate of drug-likeness (QED) is 0.288. The molecule has 2 rings (SSSR count). The molecule has 30 heavy (non-hydrogen) atoms. The minimum Gasteiger partial charge on any atom is -0.462 e. The molecule has 0 saturated heterocycles. The number of nitrogens with zero attached hydrogens (tertiary/aromatic N) is 3. The van der Waals surface area contributed by atoms with Gasteiger partial charge in [0.25, 0.3) is 17.3 Å². The summed E-state index contributed by atoms with van der Waals surface area (Å²) < 4.78 is 4.97. The Morgan fingerprint density at radius 3 is 2.27 bits per heavy atom. The van der Waals surface area contributed by atoms with E-state index in [9.17, 15) is 29.8 Å². The lowest BCUT2D eigenvalue weighted by Gasteiger charge is -2.04. The van der Waals surface area contributed by atoms with E-state index in [-0.39, 0.29) is 22.7 Å². The highest BCUT2D eigenvalue weighted by molar-refractivity contribution is 7.18. The molecule has 0 radical (unpaired) electrons. The number of nitrogens with one attached hydrogen (secondary N) is 1. The van der Waals surface area contributed by atoms with Crippen LogP contribution in [-0.2, 0) is 4.74 Å². The topological polar surface area (TPSA) is 180 Å². The fourth-order valence-corrected chi connectivity index (χ4v) is 3.53. The Morgan fingerprint density at radius 1 is 1.20 bits per heavy atom. The maximum absolute atomic E-state index is 12.3. The zero-order valence-electron chi connectivity index (χ0n) is 16.1. The van der Waals surface area contributed by atoms with Crippen LogP contribution in [0.25, 0.3) is 0 Å². The number of hydrogen-bond acceptors (Lipinski definition) is 10. The van der Waals surface area contributed by atoms with Crippen LogP contribution in [0.15, 0.2) is 23.3 Å². The normalized spacial score (nSPS) is 11.1. The van der Waals surface area contributed by atoms with Crippen LogP contribution < -0.4 is 11.2 Å². The summed E-state index contributed by atoms with van der Waals surface area (Å²) in [6.07, 6.45) is 0. The summed E-state index contributed by atoms with van der Waals surface area (Å²) in [5.74, 6) is -1.45. The van der Waals surface area contributed by atoms with Gasteiger partial charge < -0.3 is 10.5 Å². The lowest BCUT2D eigenvalue weighted by atomic mass is 10.1. The van der Waals surface area contributed by atoms with Crippen molar-refractivity contribution in [3.8, 4) is 0 Å². The fourth-order valence-electron chi connectivity index (χ4n) is 2.53. The molecule has 0 aliphatic rings. The first-order valence-corrected chi connectivity index (χ1v) is 9.23. The van der Waals surface area contributed by atoms with Crippen LogP contribution in [0, 0.1) is 27.2 Å².